The lowest BCUT2D eigenvalue weighted by atomic mass is 10.2. The fourth-order valence-corrected chi connectivity index (χ4v) is 2.54. The minimum atomic E-state index is -4.07. The van der Waals surface area contributed by atoms with Crippen molar-refractivity contribution >= 4 is 36.6 Å². The van der Waals surface area contributed by atoms with E-state index < -0.39 is 20.8 Å². The van der Waals surface area contributed by atoms with Gasteiger partial charge < -0.3 is 10.1 Å². The smallest absolute Gasteiger partial charge is 0.352 e. The molecule has 5 nitrogen and oxygen atoms in total. The highest BCUT2D eigenvalue weighted by Crippen LogP contribution is 2.28. The molecule has 0 bridgehead atoms. The Labute approximate surface area is 99.2 Å². The molecule has 1 aromatic heterocycles. The highest BCUT2D eigenvalue weighted by atomic mass is 35.7. The van der Waals surface area contributed by atoms with Gasteiger partial charge in [0.25, 0.3) is 9.05 Å². The van der Waals surface area contributed by atoms with Crippen LogP contribution in [0.5, 0.6) is 0 Å². The maximum Gasteiger partial charge on any atom is 0.352 e. The van der Waals surface area contributed by atoms with Gasteiger partial charge in [-0.25, -0.2) is 17.6 Å². The predicted molar refractivity (Wildman–Crippen MR) is 58.3 cm³/mol. The maximum atomic E-state index is 13.4. The number of halogens is 2. The molecule has 0 saturated carbocycles. The fourth-order valence-electron chi connectivity index (χ4n) is 1.49. The Morgan fingerprint density at radius 2 is 2.06 bits per heavy atom. The van der Waals surface area contributed by atoms with Crippen LogP contribution in [0, 0.1) is 5.82 Å². The number of aromatic amines is 1. The summed E-state index contributed by atoms with van der Waals surface area (Å²) < 4.78 is 35.8. The summed E-state index contributed by atoms with van der Waals surface area (Å²) in [6.07, 6.45) is 0. The molecule has 0 aliphatic rings. The molecule has 0 aliphatic carbocycles. The molecular weight excluding hydrogens is 273 g/mol. The number of H-pyrrole nitrogens is 1. The van der Waals surface area contributed by atoms with E-state index >= 15 is 0 Å². The minimum absolute atomic E-state index is 0.0857. The quantitative estimate of drug-likeness (QED) is 0.821. The molecule has 8 heteroatoms. The van der Waals surface area contributed by atoms with Gasteiger partial charge in [-0.3, -0.25) is 0 Å². The van der Waals surface area contributed by atoms with Gasteiger partial charge in [-0.2, -0.15) is 0 Å². The molecule has 0 radical (unpaired) electrons. The summed E-state index contributed by atoms with van der Waals surface area (Å²) in [5.41, 5.74) is -0.518. The van der Waals surface area contributed by atoms with Crippen LogP contribution >= 0.6 is 10.7 Å². The second-order valence-corrected chi connectivity index (χ2v) is 5.79. The number of rotatable bonds is 2. The summed E-state index contributed by atoms with van der Waals surface area (Å²) in [5, 5.41) is 8.65. The number of hydrogen-bond donors (Lipinski definition) is 2. The Kier molecular flexibility index (Phi) is 2.59. The van der Waals surface area contributed by atoms with Crippen molar-refractivity contribution in [1.82, 2.24) is 4.98 Å². The van der Waals surface area contributed by atoms with Crippen LogP contribution in [0.4, 0.5) is 4.39 Å². The van der Waals surface area contributed by atoms with Crippen LogP contribution in [-0.2, 0) is 9.05 Å². The van der Waals surface area contributed by atoms with E-state index in [9.17, 15) is 17.6 Å². The summed E-state index contributed by atoms with van der Waals surface area (Å²) in [6, 6.07) is 2.91. The van der Waals surface area contributed by atoms with Crippen LogP contribution < -0.4 is 0 Å². The zero-order valence-electron chi connectivity index (χ0n) is 8.07. The predicted octanol–water partition coefficient (Wildman–Crippen LogP) is 1.93. The average molecular weight is 278 g/mol. The van der Waals surface area contributed by atoms with Gasteiger partial charge in [-0.05, 0) is 18.2 Å². The number of aromatic carboxylic acids is 1. The van der Waals surface area contributed by atoms with Crippen molar-refractivity contribution in [2.45, 2.75) is 4.90 Å². The number of carbonyl (C=O) groups is 1. The first-order valence-corrected chi connectivity index (χ1v) is 6.61. The number of carboxylic acid groups (broad SMARTS) is 1. The van der Waals surface area contributed by atoms with E-state index in [1.807, 2.05) is 0 Å². The van der Waals surface area contributed by atoms with Gasteiger partial charge in [-0.1, -0.05) is 0 Å². The van der Waals surface area contributed by atoms with Crippen LogP contribution in [0.1, 0.15) is 10.5 Å². The first-order valence-electron chi connectivity index (χ1n) is 4.30. The summed E-state index contributed by atoms with van der Waals surface area (Å²) >= 11 is 0. The molecule has 0 atom stereocenters. The van der Waals surface area contributed by atoms with Crippen molar-refractivity contribution in [3.05, 3.63) is 29.7 Å². The number of aromatic nitrogens is 1. The largest absolute Gasteiger partial charge is 0.477 e. The zero-order valence-corrected chi connectivity index (χ0v) is 9.64. The number of nitrogens with one attached hydrogen (secondary N) is 1. The van der Waals surface area contributed by atoms with E-state index in [-0.39, 0.29) is 21.5 Å². The van der Waals surface area contributed by atoms with Crippen LogP contribution in [0.3, 0.4) is 0 Å². The van der Waals surface area contributed by atoms with E-state index in [4.69, 9.17) is 15.8 Å². The first kappa shape index (κ1) is 11.9. The number of benzene rings is 1. The van der Waals surface area contributed by atoms with E-state index in [1.165, 1.54) is 0 Å². The maximum absolute atomic E-state index is 13.4. The van der Waals surface area contributed by atoms with Gasteiger partial charge in [-0.15, -0.1) is 0 Å². The molecule has 90 valence electrons. The third-order valence-corrected chi connectivity index (χ3v) is 3.58. The van der Waals surface area contributed by atoms with Crippen molar-refractivity contribution in [2.24, 2.45) is 0 Å². The van der Waals surface area contributed by atoms with Crippen molar-refractivity contribution in [3.8, 4) is 0 Å². The minimum Gasteiger partial charge on any atom is -0.477 e. The molecule has 0 saturated heterocycles. The van der Waals surface area contributed by atoms with Crippen molar-refractivity contribution < 1.29 is 22.7 Å². The van der Waals surface area contributed by atoms with Gasteiger partial charge in [0.2, 0.25) is 0 Å². The normalized spacial score (nSPS) is 11.9. The molecule has 2 rings (SSSR count). The molecule has 0 spiro atoms. The lowest BCUT2D eigenvalue weighted by molar-refractivity contribution is 0.0691. The Morgan fingerprint density at radius 1 is 1.41 bits per heavy atom. The zero-order chi connectivity index (χ0) is 12.8. The molecule has 1 heterocycles. The van der Waals surface area contributed by atoms with Crippen LogP contribution in [0.25, 0.3) is 10.9 Å². The van der Waals surface area contributed by atoms with E-state index in [2.05, 4.69) is 4.98 Å². The number of carboxylic acids is 1. The van der Waals surface area contributed by atoms with Gasteiger partial charge in [0, 0.05) is 16.1 Å². The van der Waals surface area contributed by atoms with Crippen LogP contribution in [-0.4, -0.2) is 24.5 Å². The molecule has 17 heavy (non-hydrogen) atoms. The van der Waals surface area contributed by atoms with Gasteiger partial charge in [0.05, 0.1) is 10.4 Å². The highest BCUT2D eigenvalue weighted by Gasteiger charge is 2.19. The Morgan fingerprint density at radius 3 is 2.59 bits per heavy atom. The Balaban J connectivity index is 2.90. The van der Waals surface area contributed by atoms with Crippen molar-refractivity contribution in [3.63, 3.8) is 0 Å². The molecule has 0 aliphatic heterocycles. The standard InChI is InChI=1S/C9H5ClFNO4S/c10-17(15,16)7-2-1-5(11)8-4(7)3-6(12-8)9(13)14/h1-3,12H,(H,13,14). The van der Waals surface area contributed by atoms with Crippen molar-refractivity contribution in [2.75, 3.05) is 0 Å². The number of hydrogen-bond acceptors (Lipinski definition) is 3. The lowest BCUT2D eigenvalue weighted by Gasteiger charge is -1.98. The van der Waals surface area contributed by atoms with E-state index in [1.54, 1.807) is 0 Å². The second kappa shape index (κ2) is 3.71. The molecule has 1 aromatic carbocycles. The highest BCUT2D eigenvalue weighted by molar-refractivity contribution is 8.14. The summed E-state index contributed by atoms with van der Waals surface area (Å²) in [4.78, 5) is 12.7. The van der Waals surface area contributed by atoms with E-state index in [0.717, 1.165) is 18.2 Å². The fraction of sp³-hybridized carbons (Fsp3) is 0. The summed E-state index contributed by atoms with van der Waals surface area (Å²) in [7, 11) is 1.10. The molecule has 0 fully saturated rings. The molecule has 0 unspecified atom stereocenters. The SMILES string of the molecule is O=C(O)c1cc2c(S(=O)(=O)Cl)ccc(F)c2[nH]1. The third kappa shape index (κ3) is 1.98. The van der Waals surface area contributed by atoms with Gasteiger partial charge >= 0.3 is 5.97 Å². The number of fused-ring (bicyclic) bond motifs is 1. The van der Waals surface area contributed by atoms with Gasteiger partial charge in [0.1, 0.15) is 11.5 Å². The Bertz CT molecular complexity index is 722. The van der Waals surface area contributed by atoms with Crippen LogP contribution in [0.2, 0.25) is 0 Å². The monoisotopic (exact) mass is 277 g/mol. The molecular formula is C9H5ClFNO4S. The summed E-state index contributed by atoms with van der Waals surface area (Å²) in [6.45, 7) is 0. The summed E-state index contributed by atoms with van der Waals surface area (Å²) in [5.74, 6) is -2.07. The van der Waals surface area contributed by atoms with Crippen LogP contribution in [0.15, 0.2) is 23.1 Å². The Hall–Kier alpha value is -1.60. The first-order chi connectivity index (χ1) is 7.80. The lowest BCUT2D eigenvalue weighted by Crippen LogP contribution is -1.95. The third-order valence-electron chi connectivity index (χ3n) is 2.20. The molecule has 2 N–H and O–H groups in total. The second-order valence-electron chi connectivity index (χ2n) is 3.26. The molecule has 2 aromatic rings. The van der Waals surface area contributed by atoms with E-state index in [0.29, 0.717) is 0 Å². The molecule has 0 amide bonds. The van der Waals surface area contributed by atoms with Gasteiger partial charge in [0.15, 0.2) is 0 Å². The topological polar surface area (TPSA) is 87.2 Å². The van der Waals surface area contributed by atoms with Crippen molar-refractivity contribution in [1.29, 1.82) is 0 Å². The average Bonchev–Trinajstić information content (AvgIpc) is 2.61.